The lowest BCUT2D eigenvalue weighted by Crippen LogP contribution is -2.45. The fraction of sp³-hybridized carbons (Fsp3) is 0.263. The molecular weight excluding hydrogens is 323 g/mol. The summed E-state index contributed by atoms with van der Waals surface area (Å²) < 4.78 is 18.0. The summed E-state index contributed by atoms with van der Waals surface area (Å²) in [5, 5.41) is 0. The average Bonchev–Trinajstić information content (AvgIpc) is 2.64. The van der Waals surface area contributed by atoms with Gasteiger partial charge in [-0.3, -0.25) is 20.4 Å². The number of carbonyl (C=O) groups is 2. The molecular formula is C19H21FN2O3. The molecule has 2 N–H and O–H groups in total. The molecule has 0 aliphatic heterocycles. The van der Waals surface area contributed by atoms with Crippen molar-refractivity contribution in [1.29, 1.82) is 0 Å². The van der Waals surface area contributed by atoms with Crippen LogP contribution in [0.2, 0.25) is 0 Å². The summed E-state index contributed by atoms with van der Waals surface area (Å²) in [5.74, 6) is -1.11. The number of ether oxygens (including phenoxy) is 1. The Morgan fingerprint density at radius 2 is 1.72 bits per heavy atom. The number of rotatable bonds is 7. The maximum atomic E-state index is 12.8. The zero-order valence-electron chi connectivity index (χ0n) is 14.0. The van der Waals surface area contributed by atoms with Gasteiger partial charge in [-0.05, 0) is 36.2 Å². The van der Waals surface area contributed by atoms with Gasteiger partial charge < -0.3 is 4.74 Å². The van der Waals surface area contributed by atoms with Crippen LogP contribution >= 0.6 is 0 Å². The molecule has 2 rings (SSSR count). The number of benzene rings is 2. The predicted molar refractivity (Wildman–Crippen MR) is 92.3 cm³/mol. The fourth-order valence-electron chi connectivity index (χ4n) is 2.36. The molecule has 0 fully saturated rings. The SMILES string of the molecule is CCC[C@H](C(=O)NNC(=O)COc1ccc(F)cc1)c1ccccc1. The van der Waals surface area contributed by atoms with E-state index in [1.807, 2.05) is 37.3 Å². The number of carbonyl (C=O) groups excluding carboxylic acids is 2. The first kappa shape index (κ1) is 18.4. The monoisotopic (exact) mass is 344 g/mol. The van der Waals surface area contributed by atoms with Crippen molar-refractivity contribution in [3.63, 3.8) is 0 Å². The Morgan fingerprint density at radius 1 is 1.04 bits per heavy atom. The van der Waals surface area contributed by atoms with E-state index in [9.17, 15) is 14.0 Å². The Bertz CT molecular complexity index is 690. The molecule has 0 radical (unpaired) electrons. The number of hydrogen-bond acceptors (Lipinski definition) is 3. The maximum Gasteiger partial charge on any atom is 0.276 e. The van der Waals surface area contributed by atoms with Crippen LogP contribution in [0.4, 0.5) is 4.39 Å². The molecule has 6 heteroatoms. The quantitative estimate of drug-likeness (QED) is 0.759. The standard InChI is InChI=1S/C19H21FN2O3/c1-2-6-17(14-7-4-3-5-8-14)19(24)22-21-18(23)13-25-16-11-9-15(20)10-12-16/h3-5,7-12,17H,2,6,13H2,1H3,(H,21,23)(H,22,24)/t17-/m0/s1. The summed E-state index contributed by atoms with van der Waals surface area (Å²) in [5.41, 5.74) is 5.67. The fourth-order valence-corrected chi connectivity index (χ4v) is 2.36. The first-order valence-electron chi connectivity index (χ1n) is 8.12. The number of hydrogen-bond donors (Lipinski definition) is 2. The van der Waals surface area contributed by atoms with Crippen LogP contribution < -0.4 is 15.6 Å². The van der Waals surface area contributed by atoms with Gasteiger partial charge in [-0.15, -0.1) is 0 Å². The van der Waals surface area contributed by atoms with Crippen LogP contribution in [0, 0.1) is 5.82 Å². The van der Waals surface area contributed by atoms with Crippen LogP contribution in [-0.4, -0.2) is 18.4 Å². The van der Waals surface area contributed by atoms with Crippen molar-refractivity contribution in [2.75, 3.05) is 6.61 Å². The first-order valence-corrected chi connectivity index (χ1v) is 8.12. The smallest absolute Gasteiger partial charge is 0.276 e. The molecule has 0 bridgehead atoms. The van der Waals surface area contributed by atoms with Crippen LogP contribution in [0.25, 0.3) is 0 Å². The number of hydrazine groups is 1. The zero-order valence-corrected chi connectivity index (χ0v) is 14.0. The first-order chi connectivity index (χ1) is 12.1. The third-order valence-corrected chi connectivity index (χ3v) is 3.60. The second kappa shape index (κ2) is 9.42. The van der Waals surface area contributed by atoms with Crippen molar-refractivity contribution >= 4 is 11.8 Å². The average molecular weight is 344 g/mol. The largest absolute Gasteiger partial charge is 0.484 e. The second-order valence-electron chi connectivity index (χ2n) is 5.53. The van der Waals surface area contributed by atoms with Crippen molar-refractivity contribution in [1.82, 2.24) is 10.9 Å². The second-order valence-corrected chi connectivity index (χ2v) is 5.53. The summed E-state index contributed by atoms with van der Waals surface area (Å²) in [6.45, 7) is 1.72. The Morgan fingerprint density at radius 3 is 2.36 bits per heavy atom. The van der Waals surface area contributed by atoms with Gasteiger partial charge in [0.2, 0.25) is 5.91 Å². The third-order valence-electron chi connectivity index (χ3n) is 3.60. The maximum absolute atomic E-state index is 12.8. The van der Waals surface area contributed by atoms with Gasteiger partial charge in [-0.2, -0.15) is 0 Å². The lowest BCUT2D eigenvalue weighted by molar-refractivity contribution is -0.130. The van der Waals surface area contributed by atoms with Crippen LogP contribution in [-0.2, 0) is 9.59 Å². The van der Waals surface area contributed by atoms with E-state index in [-0.39, 0.29) is 24.2 Å². The number of nitrogens with one attached hydrogen (secondary N) is 2. The van der Waals surface area contributed by atoms with E-state index in [1.165, 1.54) is 24.3 Å². The highest BCUT2D eigenvalue weighted by atomic mass is 19.1. The van der Waals surface area contributed by atoms with Crippen molar-refractivity contribution < 1.29 is 18.7 Å². The lowest BCUT2D eigenvalue weighted by Gasteiger charge is -2.17. The van der Waals surface area contributed by atoms with Gasteiger partial charge in [-0.25, -0.2) is 4.39 Å². The van der Waals surface area contributed by atoms with Crippen molar-refractivity contribution in [2.45, 2.75) is 25.7 Å². The highest BCUT2D eigenvalue weighted by molar-refractivity contribution is 5.86. The van der Waals surface area contributed by atoms with Crippen LogP contribution in [0.5, 0.6) is 5.75 Å². The molecule has 2 aromatic carbocycles. The van der Waals surface area contributed by atoms with Gasteiger partial charge in [-0.1, -0.05) is 43.7 Å². The summed E-state index contributed by atoms with van der Waals surface area (Å²) in [6.07, 6.45) is 1.52. The molecule has 0 aromatic heterocycles. The molecule has 0 heterocycles. The van der Waals surface area contributed by atoms with Gasteiger partial charge in [0.25, 0.3) is 5.91 Å². The molecule has 132 valence electrons. The molecule has 25 heavy (non-hydrogen) atoms. The summed E-state index contributed by atoms with van der Waals surface area (Å²) in [4.78, 5) is 24.1. The molecule has 5 nitrogen and oxygen atoms in total. The van der Waals surface area contributed by atoms with Gasteiger partial charge in [0.05, 0.1) is 5.92 Å². The Labute approximate surface area is 146 Å². The molecule has 2 aromatic rings. The normalized spacial score (nSPS) is 11.4. The van der Waals surface area contributed by atoms with E-state index in [0.29, 0.717) is 12.2 Å². The Hall–Kier alpha value is -2.89. The van der Waals surface area contributed by atoms with E-state index in [4.69, 9.17) is 4.74 Å². The minimum Gasteiger partial charge on any atom is -0.484 e. The molecule has 0 aliphatic carbocycles. The van der Waals surface area contributed by atoms with Crippen molar-refractivity contribution in [3.05, 3.63) is 66.0 Å². The van der Waals surface area contributed by atoms with Crippen LogP contribution in [0.1, 0.15) is 31.2 Å². The highest BCUT2D eigenvalue weighted by Gasteiger charge is 2.19. The lowest BCUT2D eigenvalue weighted by atomic mass is 9.94. The van der Waals surface area contributed by atoms with E-state index in [1.54, 1.807) is 0 Å². The van der Waals surface area contributed by atoms with Crippen molar-refractivity contribution in [2.24, 2.45) is 0 Å². The molecule has 0 saturated carbocycles. The van der Waals surface area contributed by atoms with Crippen LogP contribution in [0.15, 0.2) is 54.6 Å². The van der Waals surface area contributed by atoms with E-state index >= 15 is 0 Å². The predicted octanol–water partition coefficient (Wildman–Crippen LogP) is 2.94. The molecule has 0 saturated heterocycles. The minimum atomic E-state index is -0.499. The summed E-state index contributed by atoms with van der Waals surface area (Å²) in [6, 6.07) is 14.7. The molecule has 0 aliphatic rings. The molecule has 1 atom stereocenters. The van der Waals surface area contributed by atoms with E-state index in [0.717, 1.165) is 12.0 Å². The topological polar surface area (TPSA) is 67.4 Å². The zero-order chi connectivity index (χ0) is 18.1. The van der Waals surface area contributed by atoms with Gasteiger partial charge in [0.1, 0.15) is 11.6 Å². The minimum absolute atomic E-state index is 0.275. The van der Waals surface area contributed by atoms with Crippen LogP contribution in [0.3, 0.4) is 0 Å². The van der Waals surface area contributed by atoms with E-state index in [2.05, 4.69) is 10.9 Å². The summed E-state index contributed by atoms with van der Waals surface area (Å²) >= 11 is 0. The van der Waals surface area contributed by atoms with E-state index < -0.39 is 5.91 Å². The van der Waals surface area contributed by atoms with Gasteiger partial charge >= 0.3 is 0 Å². The Balaban J connectivity index is 1.82. The molecule has 0 spiro atoms. The highest BCUT2D eigenvalue weighted by Crippen LogP contribution is 2.20. The Kier molecular flexibility index (Phi) is 6.95. The summed E-state index contributed by atoms with van der Waals surface area (Å²) in [7, 11) is 0. The van der Waals surface area contributed by atoms with Gasteiger partial charge in [0.15, 0.2) is 6.61 Å². The van der Waals surface area contributed by atoms with Gasteiger partial charge in [0, 0.05) is 0 Å². The molecule has 2 amide bonds. The number of amides is 2. The third kappa shape index (κ3) is 5.91. The number of halogens is 1. The van der Waals surface area contributed by atoms with Crippen molar-refractivity contribution in [3.8, 4) is 5.75 Å². The molecule has 0 unspecified atom stereocenters.